The molecule has 0 spiro atoms. The summed E-state index contributed by atoms with van der Waals surface area (Å²) in [6, 6.07) is 6.06. The molecule has 6 heterocycles. The number of hydrogen-bond acceptors (Lipinski definition) is 10. The van der Waals surface area contributed by atoms with Gasteiger partial charge in [-0.2, -0.15) is 20.4 Å². The van der Waals surface area contributed by atoms with E-state index in [0.29, 0.717) is 21.9 Å². The maximum absolute atomic E-state index is 14.7. The Labute approximate surface area is 248 Å². The van der Waals surface area contributed by atoms with Gasteiger partial charge in [0.15, 0.2) is 11.3 Å². The summed E-state index contributed by atoms with van der Waals surface area (Å²) in [5.74, 6) is -1.65. The van der Waals surface area contributed by atoms with E-state index in [-0.39, 0.29) is 37.1 Å². The van der Waals surface area contributed by atoms with Crippen molar-refractivity contribution < 1.29 is 18.8 Å². The third-order valence-corrected chi connectivity index (χ3v) is 8.07. The number of nitrogens with one attached hydrogen (secondary N) is 2. The van der Waals surface area contributed by atoms with Gasteiger partial charge in [0.05, 0.1) is 42.1 Å². The molecule has 224 valence electrons. The van der Waals surface area contributed by atoms with E-state index in [0.717, 1.165) is 30.6 Å². The molecular weight excluding hydrogens is 571 g/mol. The summed E-state index contributed by atoms with van der Waals surface area (Å²) in [7, 11) is 0. The molecule has 0 radical (unpaired) electrons. The lowest BCUT2D eigenvalue weighted by Gasteiger charge is -2.23. The molecule has 1 aromatic carbocycles. The highest BCUT2D eigenvalue weighted by molar-refractivity contribution is 6.06. The average Bonchev–Trinajstić information content (AvgIpc) is 3.83. The van der Waals surface area contributed by atoms with Crippen molar-refractivity contribution in [1.82, 2.24) is 49.9 Å². The fourth-order valence-corrected chi connectivity index (χ4v) is 5.93. The minimum absolute atomic E-state index is 0.0162. The van der Waals surface area contributed by atoms with Gasteiger partial charge in [0.25, 0.3) is 5.91 Å². The molecule has 44 heavy (non-hydrogen) atoms. The van der Waals surface area contributed by atoms with Crippen LogP contribution in [-0.2, 0) is 16.1 Å². The molecule has 15 nitrogen and oxygen atoms in total. The first-order valence-corrected chi connectivity index (χ1v) is 14.1. The molecule has 7 rings (SSSR count). The van der Waals surface area contributed by atoms with Gasteiger partial charge in [0, 0.05) is 23.9 Å². The van der Waals surface area contributed by atoms with Crippen molar-refractivity contribution in [3.8, 4) is 11.1 Å². The number of rotatable bonds is 7. The van der Waals surface area contributed by atoms with Crippen molar-refractivity contribution >= 4 is 45.5 Å². The van der Waals surface area contributed by atoms with Crippen LogP contribution < -0.4 is 16.4 Å². The minimum atomic E-state index is -1.40. The Bertz CT molecular complexity index is 1900. The molecule has 3 unspecified atom stereocenters. The minimum Gasteiger partial charge on any atom is -0.364 e. The van der Waals surface area contributed by atoms with E-state index in [4.69, 9.17) is 5.73 Å². The van der Waals surface area contributed by atoms with Crippen molar-refractivity contribution in [3.05, 3.63) is 54.9 Å². The van der Waals surface area contributed by atoms with Crippen LogP contribution in [0.4, 0.5) is 10.2 Å². The highest BCUT2D eigenvalue weighted by atomic mass is 19.1. The van der Waals surface area contributed by atoms with E-state index < -0.39 is 29.9 Å². The molecule has 2 fully saturated rings. The van der Waals surface area contributed by atoms with E-state index >= 15 is 0 Å². The number of likely N-dealkylation sites (tertiary alicyclic amines) is 1. The predicted octanol–water partition coefficient (Wildman–Crippen LogP) is 0.844. The largest absolute Gasteiger partial charge is 0.364 e. The number of nitrogens with two attached hydrogens (primary N) is 1. The molecule has 4 aromatic heterocycles. The van der Waals surface area contributed by atoms with Crippen molar-refractivity contribution in [1.29, 1.82) is 0 Å². The first-order chi connectivity index (χ1) is 21.4. The zero-order chi connectivity index (χ0) is 30.4. The molecule has 5 aromatic rings. The number of hydrogen-bond donors (Lipinski definition) is 3. The van der Waals surface area contributed by atoms with Crippen LogP contribution >= 0.6 is 0 Å². The normalized spacial score (nSPS) is 20.0. The number of fused-ring (bicyclic) bond motifs is 2. The lowest BCUT2D eigenvalue weighted by atomic mass is 10.0. The van der Waals surface area contributed by atoms with Gasteiger partial charge < -0.3 is 21.3 Å². The number of anilines is 1. The van der Waals surface area contributed by atoms with Crippen molar-refractivity contribution in [2.75, 3.05) is 25.0 Å². The zero-order valence-electron chi connectivity index (χ0n) is 23.3. The van der Waals surface area contributed by atoms with Gasteiger partial charge in [-0.25, -0.2) is 19.0 Å². The van der Waals surface area contributed by atoms with Crippen LogP contribution in [0.1, 0.15) is 29.4 Å². The molecule has 16 heteroatoms. The molecule has 2 saturated heterocycles. The highest BCUT2D eigenvalue weighted by Crippen LogP contribution is 2.29. The second-order valence-electron chi connectivity index (χ2n) is 10.8. The summed E-state index contributed by atoms with van der Waals surface area (Å²) in [6.07, 6.45) is 5.38. The molecule has 3 amide bonds. The van der Waals surface area contributed by atoms with Crippen LogP contribution in [0.2, 0.25) is 0 Å². The summed E-state index contributed by atoms with van der Waals surface area (Å²) in [5, 5.41) is 23.5. The number of nitrogens with zero attached hydrogens (tertiary/aromatic N) is 9. The van der Waals surface area contributed by atoms with Crippen LogP contribution in [0.25, 0.3) is 33.1 Å². The van der Waals surface area contributed by atoms with Crippen LogP contribution in [-0.4, -0.2) is 94.2 Å². The number of amides is 3. The fourth-order valence-electron chi connectivity index (χ4n) is 5.93. The topological polar surface area (TPSA) is 192 Å². The molecule has 4 N–H and O–H groups in total. The Morgan fingerprint density at radius 1 is 1.09 bits per heavy atom. The molecule has 0 aliphatic carbocycles. The second kappa shape index (κ2) is 11.0. The summed E-state index contributed by atoms with van der Waals surface area (Å²) in [4.78, 5) is 49.0. The Kier molecular flexibility index (Phi) is 6.88. The molecule has 3 atom stereocenters. The summed E-state index contributed by atoms with van der Waals surface area (Å²) >= 11 is 0. The number of aromatic nitrogens is 8. The van der Waals surface area contributed by atoms with Gasteiger partial charge in [-0.3, -0.25) is 19.1 Å². The van der Waals surface area contributed by atoms with E-state index in [1.54, 1.807) is 47.5 Å². The van der Waals surface area contributed by atoms with Crippen LogP contribution in [0.15, 0.2) is 49.2 Å². The van der Waals surface area contributed by atoms with Gasteiger partial charge in [-0.15, -0.1) is 0 Å². The van der Waals surface area contributed by atoms with Crippen molar-refractivity contribution in [2.24, 2.45) is 5.73 Å². The van der Waals surface area contributed by atoms with Gasteiger partial charge in [-0.1, -0.05) is 6.07 Å². The molecule has 2 aliphatic heterocycles. The number of halogens is 1. The number of benzene rings is 1. The number of primary amides is 1. The molecule has 0 bridgehead atoms. The number of carbonyl (C=O) groups is 3. The monoisotopic (exact) mass is 598 g/mol. The standard InChI is InChI=1S/C28H27FN12O3/c29-17-8-22(28(44)37-26-20-11-36-41(18-4-5-31-10-18)27(20)33-14-32-26)39(12-17)23(42)13-40-21-2-1-15(16-3-6-34-35-9-16)7-19(21)24(38-40)25(30)43/h1-3,6-7,9,11,14,17-18,22,31H,4-5,8,10,12-13H2,(H2,30,43)(H,32,33,37,44). The summed E-state index contributed by atoms with van der Waals surface area (Å²) in [5.41, 5.74) is 8.17. The third-order valence-electron chi connectivity index (χ3n) is 8.07. The first-order valence-electron chi connectivity index (χ1n) is 14.1. The zero-order valence-corrected chi connectivity index (χ0v) is 23.3. The maximum Gasteiger partial charge on any atom is 0.269 e. The third kappa shape index (κ3) is 4.88. The second-order valence-corrected chi connectivity index (χ2v) is 10.8. The summed E-state index contributed by atoms with van der Waals surface area (Å²) < 4.78 is 17.9. The van der Waals surface area contributed by atoms with E-state index in [1.165, 1.54) is 15.9 Å². The average molecular weight is 599 g/mol. The highest BCUT2D eigenvalue weighted by Gasteiger charge is 2.40. The van der Waals surface area contributed by atoms with E-state index in [9.17, 15) is 18.8 Å². The van der Waals surface area contributed by atoms with Gasteiger partial charge in [-0.05, 0) is 36.7 Å². The van der Waals surface area contributed by atoms with Gasteiger partial charge in [0.1, 0.15) is 30.9 Å². The predicted molar refractivity (Wildman–Crippen MR) is 155 cm³/mol. The van der Waals surface area contributed by atoms with E-state index in [1.807, 2.05) is 0 Å². The lowest BCUT2D eigenvalue weighted by Crippen LogP contribution is -2.44. The fraction of sp³-hybridized carbons (Fsp3) is 0.321. The first kappa shape index (κ1) is 27.5. The number of alkyl halides is 1. The van der Waals surface area contributed by atoms with Crippen LogP contribution in [0.5, 0.6) is 0 Å². The molecular formula is C28H27FN12O3. The molecule has 2 aliphatic rings. The lowest BCUT2D eigenvalue weighted by molar-refractivity contribution is -0.137. The SMILES string of the molecule is NC(=O)c1nn(CC(=O)N2CC(F)CC2C(=O)Nc2ncnc3c2cnn3C2CCNC2)c2ccc(-c3ccnnc3)cc12. The van der Waals surface area contributed by atoms with Crippen molar-refractivity contribution in [3.63, 3.8) is 0 Å². The smallest absolute Gasteiger partial charge is 0.269 e. The Morgan fingerprint density at radius 3 is 2.75 bits per heavy atom. The Morgan fingerprint density at radius 2 is 1.98 bits per heavy atom. The quantitative estimate of drug-likeness (QED) is 0.242. The molecule has 0 saturated carbocycles. The van der Waals surface area contributed by atoms with Crippen molar-refractivity contribution in [2.45, 2.75) is 37.6 Å². The van der Waals surface area contributed by atoms with E-state index in [2.05, 4.69) is 41.0 Å². The maximum atomic E-state index is 14.7. The van der Waals surface area contributed by atoms with Gasteiger partial charge >= 0.3 is 0 Å². The van der Waals surface area contributed by atoms with Crippen LogP contribution in [0, 0.1) is 0 Å². The Balaban J connectivity index is 1.13. The Hall–Kier alpha value is -5.38. The van der Waals surface area contributed by atoms with Gasteiger partial charge in [0.2, 0.25) is 11.8 Å². The number of carbonyl (C=O) groups excluding carboxylic acids is 3. The van der Waals surface area contributed by atoms with Crippen LogP contribution in [0.3, 0.4) is 0 Å². The summed E-state index contributed by atoms with van der Waals surface area (Å²) in [6.45, 7) is 1.04.